The first-order valence-corrected chi connectivity index (χ1v) is 1.79. The lowest BCUT2D eigenvalue weighted by Gasteiger charge is -1.99. The molecule has 0 saturated carbocycles. The summed E-state index contributed by atoms with van der Waals surface area (Å²) in [6.45, 7) is 1.37. The van der Waals surface area contributed by atoms with Crippen LogP contribution in [0.1, 0.15) is 6.92 Å². The van der Waals surface area contributed by atoms with Crippen LogP contribution in [-0.2, 0) is 0 Å². The minimum Gasteiger partial charge on any atom is -0.381 e. The van der Waals surface area contributed by atoms with Crippen LogP contribution in [0.3, 0.4) is 0 Å². The van der Waals surface area contributed by atoms with Crippen molar-refractivity contribution in [1.82, 2.24) is 5.32 Å². The van der Waals surface area contributed by atoms with Crippen LogP contribution in [0.25, 0.3) is 0 Å². The summed E-state index contributed by atoms with van der Waals surface area (Å²) in [4.78, 5) is 0. The summed E-state index contributed by atoms with van der Waals surface area (Å²) in [6, 6.07) is 0. The van der Waals surface area contributed by atoms with E-state index < -0.39 is 6.23 Å². The quantitative estimate of drug-likeness (QED) is 0.377. The molecule has 0 bridgehead atoms. The lowest BCUT2D eigenvalue weighted by atomic mass is 10.7. The molecule has 3 N–H and O–H groups in total. The minimum absolute atomic E-state index is 0.169. The van der Waals surface area contributed by atoms with Crippen molar-refractivity contribution >= 4 is 0 Å². The van der Waals surface area contributed by atoms with Crippen molar-refractivity contribution in [2.45, 2.75) is 13.2 Å². The molecule has 0 aliphatic rings. The van der Waals surface area contributed by atoms with E-state index in [9.17, 15) is 0 Å². The fourth-order valence-corrected chi connectivity index (χ4v) is 0.132. The van der Waals surface area contributed by atoms with Crippen LogP contribution >= 0.6 is 0 Å². The van der Waals surface area contributed by atoms with Gasteiger partial charge in [-0.15, -0.1) is 0 Å². The molecule has 0 rings (SSSR count). The molecule has 0 aliphatic heterocycles. The smallest absolute Gasteiger partial charge is 0.103 e. The van der Waals surface area contributed by atoms with Gasteiger partial charge >= 0.3 is 0 Å². The van der Waals surface area contributed by atoms with Gasteiger partial charge in [-0.05, 0) is 6.92 Å². The Labute approximate surface area is 36.6 Å². The first kappa shape index (κ1) is 5.88. The van der Waals surface area contributed by atoms with E-state index in [1.54, 1.807) is 0 Å². The zero-order valence-electron chi connectivity index (χ0n) is 3.68. The molecule has 1 unspecified atom stereocenters. The maximum atomic E-state index is 8.28. The van der Waals surface area contributed by atoms with Crippen molar-refractivity contribution in [1.29, 1.82) is 0 Å². The molecule has 0 aromatic carbocycles. The van der Waals surface area contributed by atoms with E-state index in [0.29, 0.717) is 0 Å². The number of aliphatic hydroxyl groups excluding tert-OH is 2. The number of aliphatic hydroxyl groups is 2. The second-order valence-corrected chi connectivity index (χ2v) is 1.04. The molecule has 0 spiro atoms. The monoisotopic (exact) mass is 91.1 g/mol. The Morgan fingerprint density at radius 1 is 1.83 bits per heavy atom. The average Bonchev–Trinajstić information content (AvgIpc) is 1.35. The molecular formula is C3H9NO2. The van der Waals surface area contributed by atoms with Gasteiger partial charge < -0.3 is 10.2 Å². The Morgan fingerprint density at radius 3 is 2.33 bits per heavy atom. The van der Waals surface area contributed by atoms with Crippen LogP contribution in [-0.4, -0.2) is 23.2 Å². The Hall–Kier alpha value is -0.120. The normalized spacial score (nSPS) is 14.5. The van der Waals surface area contributed by atoms with Gasteiger partial charge in [-0.25, -0.2) is 0 Å². The Kier molecular flexibility index (Phi) is 3.02. The summed E-state index contributed by atoms with van der Waals surface area (Å²) in [7, 11) is 0. The van der Waals surface area contributed by atoms with E-state index >= 15 is 0 Å². The summed E-state index contributed by atoms with van der Waals surface area (Å²) < 4.78 is 0. The van der Waals surface area contributed by atoms with E-state index in [0.717, 1.165) is 0 Å². The summed E-state index contributed by atoms with van der Waals surface area (Å²) in [5, 5.41) is 18.6. The van der Waals surface area contributed by atoms with E-state index in [-0.39, 0.29) is 6.73 Å². The molecule has 0 radical (unpaired) electrons. The number of nitrogens with one attached hydrogen (secondary N) is 1. The highest BCUT2D eigenvalue weighted by Crippen LogP contribution is 1.63. The van der Waals surface area contributed by atoms with Crippen LogP contribution < -0.4 is 5.32 Å². The molecule has 0 fully saturated rings. The second kappa shape index (κ2) is 3.08. The molecule has 0 aliphatic carbocycles. The van der Waals surface area contributed by atoms with Gasteiger partial charge in [-0.2, -0.15) is 0 Å². The fraction of sp³-hybridized carbons (Fsp3) is 1.00. The Balaban J connectivity index is 2.63. The molecule has 38 valence electrons. The van der Waals surface area contributed by atoms with Gasteiger partial charge in [-0.1, -0.05) is 0 Å². The van der Waals surface area contributed by atoms with E-state index in [1.807, 2.05) is 0 Å². The predicted octanol–water partition coefficient (Wildman–Crippen LogP) is -1.14. The summed E-state index contributed by atoms with van der Waals surface area (Å²) in [5.41, 5.74) is 0. The molecule has 0 aromatic rings. The minimum atomic E-state index is -0.602. The molecule has 0 aromatic heterocycles. The molecule has 0 amide bonds. The van der Waals surface area contributed by atoms with Crippen molar-refractivity contribution in [2.24, 2.45) is 0 Å². The summed E-state index contributed by atoms with van der Waals surface area (Å²) in [6.07, 6.45) is -0.602. The van der Waals surface area contributed by atoms with Gasteiger partial charge in [0.1, 0.15) is 6.23 Å². The van der Waals surface area contributed by atoms with Crippen molar-refractivity contribution in [2.75, 3.05) is 6.73 Å². The average molecular weight is 91.1 g/mol. The largest absolute Gasteiger partial charge is 0.381 e. The standard InChI is InChI=1S/C3H9NO2/c1-3(6)4-2-5/h3-6H,2H2,1H3. The third-order valence-corrected chi connectivity index (χ3v) is 0.387. The second-order valence-electron chi connectivity index (χ2n) is 1.04. The molecule has 0 saturated heterocycles. The van der Waals surface area contributed by atoms with Gasteiger partial charge in [0, 0.05) is 0 Å². The van der Waals surface area contributed by atoms with Gasteiger partial charge in [0.2, 0.25) is 0 Å². The third-order valence-electron chi connectivity index (χ3n) is 0.387. The molecule has 1 atom stereocenters. The van der Waals surface area contributed by atoms with Crippen LogP contribution in [0.4, 0.5) is 0 Å². The fourth-order valence-electron chi connectivity index (χ4n) is 0.132. The van der Waals surface area contributed by atoms with Crippen molar-refractivity contribution in [3.05, 3.63) is 0 Å². The summed E-state index contributed by atoms with van der Waals surface area (Å²) >= 11 is 0. The van der Waals surface area contributed by atoms with Crippen LogP contribution in [0.15, 0.2) is 0 Å². The SMILES string of the molecule is CC(O)NCO. The number of hydrogen-bond acceptors (Lipinski definition) is 3. The highest BCUT2D eigenvalue weighted by molar-refractivity contribution is 4.31. The highest BCUT2D eigenvalue weighted by Gasteiger charge is 1.84. The van der Waals surface area contributed by atoms with Crippen LogP contribution in [0.5, 0.6) is 0 Å². The summed E-state index contributed by atoms with van der Waals surface area (Å²) in [5.74, 6) is 0. The maximum absolute atomic E-state index is 8.28. The molecule has 3 nitrogen and oxygen atoms in total. The molecular weight excluding hydrogens is 82.0 g/mol. The van der Waals surface area contributed by atoms with Crippen molar-refractivity contribution in [3.63, 3.8) is 0 Å². The Bertz CT molecular complexity index is 30.0. The van der Waals surface area contributed by atoms with Gasteiger partial charge in [-0.3, -0.25) is 5.32 Å². The van der Waals surface area contributed by atoms with Gasteiger partial charge in [0.25, 0.3) is 0 Å². The molecule has 0 heterocycles. The molecule has 3 heteroatoms. The zero-order valence-corrected chi connectivity index (χ0v) is 3.68. The van der Waals surface area contributed by atoms with Gasteiger partial charge in [0.15, 0.2) is 0 Å². The topological polar surface area (TPSA) is 52.5 Å². The number of rotatable bonds is 2. The first-order chi connectivity index (χ1) is 2.77. The maximum Gasteiger partial charge on any atom is 0.103 e. The number of hydrogen-bond donors (Lipinski definition) is 3. The zero-order chi connectivity index (χ0) is 4.99. The third kappa shape index (κ3) is 3.88. The van der Waals surface area contributed by atoms with E-state index in [2.05, 4.69) is 5.32 Å². The van der Waals surface area contributed by atoms with E-state index in [4.69, 9.17) is 10.2 Å². The van der Waals surface area contributed by atoms with Crippen molar-refractivity contribution in [3.8, 4) is 0 Å². The van der Waals surface area contributed by atoms with Gasteiger partial charge in [0.05, 0.1) is 6.73 Å². The van der Waals surface area contributed by atoms with Crippen LogP contribution in [0, 0.1) is 0 Å². The lowest BCUT2D eigenvalue weighted by molar-refractivity contribution is 0.113. The first-order valence-electron chi connectivity index (χ1n) is 1.79. The molecule has 6 heavy (non-hydrogen) atoms. The highest BCUT2D eigenvalue weighted by atomic mass is 16.3. The predicted molar refractivity (Wildman–Crippen MR) is 21.9 cm³/mol. The van der Waals surface area contributed by atoms with Crippen molar-refractivity contribution < 1.29 is 10.2 Å². The Morgan fingerprint density at radius 2 is 2.33 bits per heavy atom. The lowest BCUT2D eigenvalue weighted by Crippen LogP contribution is -2.25. The van der Waals surface area contributed by atoms with E-state index in [1.165, 1.54) is 6.92 Å². The van der Waals surface area contributed by atoms with Crippen LogP contribution in [0.2, 0.25) is 0 Å².